The molecule has 0 saturated heterocycles. The lowest BCUT2D eigenvalue weighted by molar-refractivity contribution is -0.119. The van der Waals surface area contributed by atoms with Crippen molar-refractivity contribution in [3.8, 4) is 0 Å². The molecule has 1 aromatic carbocycles. The average Bonchev–Trinajstić information content (AvgIpc) is 2.20. The van der Waals surface area contributed by atoms with Crippen molar-refractivity contribution < 1.29 is 4.79 Å². The minimum atomic E-state index is 0.0783. The van der Waals surface area contributed by atoms with E-state index in [0.29, 0.717) is 0 Å². The minimum absolute atomic E-state index is 0.0783. The van der Waals surface area contributed by atoms with Crippen LogP contribution in [-0.4, -0.2) is 5.91 Å². The van der Waals surface area contributed by atoms with Crippen LogP contribution in [0.15, 0.2) is 24.3 Å². The van der Waals surface area contributed by atoms with E-state index in [1.165, 1.54) is 0 Å². The van der Waals surface area contributed by atoms with Gasteiger partial charge in [0, 0.05) is 11.6 Å². The van der Waals surface area contributed by atoms with E-state index in [1.807, 2.05) is 45.0 Å². The van der Waals surface area contributed by atoms with E-state index in [4.69, 9.17) is 0 Å². The van der Waals surface area contributed by atoms with Crippen molar-refractivity contribution in [3.05, 3.63) is 29.8 Å². The second-order valence-corrected chi connectivity index (χ2v) is 3.61. The quantitative estimate of drug-likeness (QED) is 0.781. The molecule has 0 aliphatic carbocycles. The van der Waals surface area contributed by atoms with Crippen molar-refractivity contribution in [2.24, 2.45) is 5.92 Å². The van der Waals surface area contributed by atoms with Crippen LogP contribution in [0.5, 0.6) is 0 Å². The minimum Gasteiger partial charge on any atom is -0.326 e. The number of carbonyl (C=O) groups excluding carboxylic acids is 1. The molecule has 0 aliphatic heterocycles. The number of anilines is 1. The van der Waals surface area contributed by atoms with Crippen LogP contribution >= 0.6 is 0 Å². The molecule has 2 heteroatoms. The fraction of sp³-hybridized carbons (Fsp3) is 0.417. The zero-order valence-electron chi connectivity index (χ0n) is 9.00. The Morgan fingerprint density at radius 1 is 1.43 bits per heavy atom. The van der Waals surface area contributed by atoms with E-state index in [1.54, 1.807) is 0 Å². The second kappa shape index (κ2) is 4.80. The Balaban J connectivity index is 2.70. The van der Waals surface area contributed by atoms with E-state index in [2.05, 4.69) is 5.32 Å². The number of hydrogen-bond donors (Lipinski definition) is 1. The molecular formula is C12H17NO. The zero-order chi connectivity index (χ0) is 10.6. The standard InChI is InChI=1S/C12H17NO/c1-4-9(2)12(14)13-11-8-6-5-7-10(11)3/h5-9H,4H2,1-3H3,(H,13,14)/t9-/m1/s1. The van der Waals surface area contributed by atoms with Crippen molar-refractivity contribution in [1.82, 2.24) is 0 Å². The molecule has 0 unspecified atom stereocenters. The van der Waals surface area contributed by atoms with Crippen LogP contribution in [0.4, 0.5) is 5.69 Å². The molecule has 2 nitrogen and oxygen atoms in total. The first kappa shape index (κ1) is 10.8. The lowest BCUT2D eigenvalue weighted by atomic mass is 10.1. The normalized spacial score (nSPS) is 12.2. The fourth-order valence-electron chi connectivity index (χ4n) is 1.15. The smallest absolute Gasteiger partial charge is 0.227 e. The number of para-hydroxylation sites is 1. The number of aryl methyl sites for hydroxylation is 1. The van der Waals surface area contributed by atoms with Crippen molar-refractivity contribution in [1.29, 1.82) is 0 Å². The maximum Gasteiger partial charge on any atom is 0.227 e. The molecule has 0 aliphatic rings. The van der Waals surface area contributed by atoms with Gasteiger partial charge in [0.15, 0.2) is 0 Å². The molecule has 1 aromatic rings. The van der Waals surface area contributed by atoms with Gasteiger partial charge in [-0.15, -0.1) is 0 Å². The molecule has 0 aromatic heterocycles. The summed E-state index contributed by atoms with van der Waals surface area (Å²) in [6.45, 7) is 5.95. The average molecular weight is 191 g/mol. The third kappa shape index (κ3) is 2.59. The van der Waals surface area contributed by atoms with Gasteiger partial charge in [-0.1, -0.05) is 32.0 Å². The highest BCUT2D eigenvalue weighted by Crippen LogP contribution is 2.14. The number of amides is 1. The number of nitrogens with one attached hydrogen (secondary N) is 1. The monoisotopic (exact) mass is 191 g/mol. The molecule has 1 atom stereocenters. The van der Waals surface area contributed by atoms with Gasteiger partial charge in [-0.05, 0) is 25.0 Å². The van der Waals surface area contributed by atoms with Crippen molar-refractivity contribution in [3.63, 3.8) is 0 Å². The lowest BCUT2D eigenvalue weighted by Crippen LogP contribution is -2.20. The molecular weight excluding hydrogens is 174 g/mol. The summed E-state index contributed by atoms with van der Waals surface area (Å²) in [6.07, 6.45) is 0.873. The molecule has 0 saturated carbocycles. The summed E-state index contributed by atoms with van der Waals surface area (Å²) in [5.41, 5.74) is 2.02. The molecule has 76 valence electrons. The van der Waals surface area contributed by atoms with E-state index in [9.17, 15) is 4.79 Å². The van der Waals surface area contributed by atoms with Gasteiger partial charge >= 0.3 is 0 Å². The van der Waals surface area contributed by atoms with Crippen LogP contribution in [0.25, 0.3) is 0 Å². The van der Waals surface area contributed by atoms with Crippen LogP contribution in [0.1, 0.15) is 25.8 Å². The van der Waals surface area contributed by atoms with Crippen molar-refractivity contribution in [2.45, 2.75) is 27.2 Å². The number of carbonyl (C=O) groups is 1. The Morgan fingerprint density at radius 3 is 2.64 bits per heavy atom. The van der Waals surface area contributed by atoms with Crippen molar-refractivity contribution >= 4 is 11.6 Å². The van der Waals surface area contributed by atoms with E-state index in [-0.39, 0.29) is 11.8 Å². The molecule has 0 bridgehead atoms. The van der Waals surface area contributed by atoms with Crippen LogP contribution < -0.4 is 5.32 Å². The molecule has 0 spiro atoms. The summed E-state index contributed by atoms with van der Waals surface area (Å²) in [7, 11) is 0. The first-order valence-electron chi connectivity index (χ1n) is 5.01. The lowest BCUT2D eigenvalue weighted by Gasteiger charge is -2.11. The highest BCUT2D eigenvalue weighted by Gasteiger charge is 2.10. The molecule has 1 rings (SSSR count). The SMILES string of the molecule is CC[C@@H](C)C(=O)Nc1ccccc1C. The van der Waals surface area contributed by atoms with Gasteiger partial charge < -0.3 is 5.32 Å². The van der Waals surface area contributed by atoms with Crippen molar-refractivity contribution in [2.75, 3.05) is 5.32 Å². The van der Waals surface area contributed by atoms with E-state index < -0.39 is 0 Å². The third-order valence-corrected chi connectivity index (χ3v) is 2.46. The van der Waals surface area contributed by atoms with Crippen LogP contribution in [0.2, 0.25) is 0 Å². The Kier molecular flexibility index (Phi) is 3.69. The van der Waals surface area contributed by atoms with Crippen LogP contribution in [0, 0.1) is 12.8 Å². The molecule has 14 heavy (non-hydrogen) atoms. The number of rotatable bonds is 3. The maximum atomic E-state index is 11.6. The first-order chi connectivity index (χ1) is 6.65. The predicted molar refractivity (Wildman–Crippen MR) is 59.3 cm³/mol. The number of benzene rings is 1. The van der Waals surface area contributed by atoms with Crippen LogP contribution in [0.3, 0.4) is 0 Å². The summed E-state index contributed by atoms with van der Waals surface area (Å²) >= 11 is 0. The molecule has 0 radical (unpaired) electrons. The summed E-state index contributed by atoms with van der Waals surface area (Å²) in [5.74, 6) is 0.177. The summed E-state index contributed by atoms with van der Waals surface area (Å²) < 4.78 is 0. The topological polar surface area (TPSA) is 29.1 Å². The second-order valence-electron chi connectivity index (χ2n) is 3.61. The fourth-order valence-corrected chi connectivity index (χ4v) is 1.15. The largest absolute Gasteiger partial charge is 0.326 e. The molecule has 0 heterocycles. The predicted octanol–water partition coefficient (Wildman–Crippen LogP) is 2.98. The summed E-state index contributed by atoms with van der Waals surface area (Å²) in [5, 5.41) is 2.92. The highest BCUT2D eigenvalue weighted by molar-refractivity contribution is 5.92. The molecule has 0 fully saturated rings. The maximum absolute atomic E-state index is 11.6. The Hall–Kier alpha value is -1.31. The number of hydrogen-bond acceptors (Lipinski definition) is 1. The van der Waals surface area contributed by atoms with E-state index in [0.717, 1.165) is 17.7 Å². The zero-order valence-corrected chi connectivity index (χ0v) is 9.00. The summed E-state index contributed by atoms with van der Waals surface area (Å²) in [4.78, 5) is 11.6. The van der Waals surface area contributed by atoms with Gasteiger partial charge in [0.2, 0.25) is 5.91 Å². The Labute approximate surface area is 85.3 Å². The Morgan fingerprint density at radius 2 is 2.07 bits per heavy atom. The summed E-state index contributed by atoms with van der Waals surface area (Å²) in [6, 6.07) is 7.81. The molecule has 1 N–H and O–H groups in total. The van der Waals surface area contributed by atoms with Gasteiger partial charge in [0.05, 0.1) is 0 Å². The van der Waals surface area contributed by atoms with E-state index >= 15 is 0 Å². The Bertz CT molecular complexity index is 320. The van der Waals surface area contributed by atoms with Gasteiger partial charge in [-0.2, -0.15) is 0 Å². The van der Waals surface area contributed by atoms with Gasteiger partial charge in [-0.3, -0.25) is 4.79 Å². The third-order valence-electron chi connectivity index (χ3n) is 2.46. The van der Waals surface area contributed by atoms with Crippen LogP contribution in [-0.2, 0) is 4.79 Å². The first-order valence-corrected chi connectivity index (χ1v) is 5.01. The van der Waals surface area contributed by atoms with Gasteiger partial charge in [0.25, 0.3) is 0 Å². The van der Waals surface area contributed by atoms with Gasteiger partial charge in [-0.25, -0.2) is 0 Å². The van der Waals surface area contributed by atoms with Gasteiger partial charge in [0.1, 0.15) is 0 Å². The highest BCUT2D eigenvalue weighted by atomic mass is 16.1. The molecule has 1 amide bonds.